The number of aliphatic hydroxyl groups is 1. The van der Waals surface area contributed by atoms with E-state index >= 15 is 0 Å². The van der Waals surface area contributed by atoms with Crippen molar-refractivity contribution in [2.45, 2.75) is 6.10 Å². The maximum atomic E-state index is 12.8. The molecule has 1 saturated heterocycles. The SMILES string of the molecule is CN1CCN(CC(O)CN(C)C(=O)c2cccc3c2ccn3C)CC1. The van der Waals surface area contributed by atoms with Crippen molar-refractivity contribution in [1.82, 2.24) is 19.3 Å². The first-order chi connectivity index (χ1) is 12.0. The van der Waals surface area contributed by atoms with Crippen LogP contribution in [0.1, 0.15) is 10.4 Å². The normalized spacial score (nSPS) is 17.8. The van der Waals surface area contributed by atoms with E-state index in [1.165, 1.54) is 0 Å². The molecule has 1 fully saturated rings. The van der Waals surface area contributed by atoms with E-state index in [0.717, 1.165) is 37.1 Å². The lowest BCUT2D eigenvalue weighted by molar-refractivity contribution is 0.0503. The molecule has 3 rings (SSSR count). The van der Waals surface area contributed by atoms with Crippen LogP contribution in [0.2, 0.25) is 0 Å². The molecule has 1 aromatic carbocycles. The molecular weight excluding hydrogens is 316 g/mol. The van der Waals surface area contributed by atoms with E-state index < -0.39 is 6.10 Å². The lowest BCUT2D eigenvalue weighted by Crippen LogP contribution is -2.49. The van der Waals surface area contributed by atoms with Gasteiger partial charge in [0, 0.05) is 76.0 Å². The van der Waals surface area contributed by atoms with Crippen molar-refractivity contribution < 1.29 is 9.90 Å². The molecule has 6 nitrogen and oxygen atoms in total. The van der Waals surface area contributed by atoms with Crippen LogP contribution < -0.4 is 0 Å². The molecule has 25 heavy (non-hydrogen) atoms. The molecule has 136 valence electrons. The van der Waals surface area contributed by atoms with Gasteiger partial charge in [-0.2, -0.15) is 0 Å². The number of hydrogen-bond donors (Lipinski definition) is 1. The molecule has 2 aromatic rings. The summed E-state index contributed by atoms with van der Waals surface area (Å²) in [4.78, 5) is 19.0. The first-order valence-electron chi connectivity index (χ1n) is 8.84. The van der Waals surface area contributed by atoms with E-state index in [4.69, 9.17) is 0 Å². The van der Waals surface area contributed by atoms with E-state index in [1.54, 1.807) is 11.9 Å². The zero-order valence-corrected chi connectivity index (χ0v) is 15.4. The van der Waals surface area contributed by atoms with Crippen LogP contribution >= 0.6 is 0 Å². The van der Waals surface area contributed by atoms with Gasteiger partial charge in [-0.05, 0) is 25.2 Å². The van der Waals surface area contributed by atoms with Gasteiger partial charge in [-0.1, -0.05) is 6.07 Å². The fourth-order valence-corrected chi connectivity index (χ4v) is 3.48. The highest BCUT2D eigenvalue weighted by atomic mass is 16.3. The van der Waals surface area contributed by atoms with Crippen molar-refractivity contribution in [3.63, 3.8) is 0 Å². The number of benzene rings is 1. The number of carbonyl (C=O) groups excluding carboxylic acids is 1. The number of carbonyl (C=O) groups is 1. The van der Waals surface area contributed by atoms with Gasteiger partial charge in [-0.15, -0.1) is 0 Å². The molecule has 0 spiro atoms. The molecule has 1 N–H and O–H groups in total. The standard InChI is InChI=1S/C19H28N4O2/c1-20-9-11-23(12-10-20)14-15(24)13-22(3)19(25)17-5-4-6-18-16(17)7-8-21(18)2/h4-8,15,24H,9-14H2,1-3H3. The summed E-state index contributed by atoms with van der Waals surface area (Å²) in [7, 11) is 5.85. The van der Waals surface area contributed by atoms with Crippen LogP contribution in [0.5, 0.6) is 0 Å². The number of rotatable bonds is 5. The molecule has 2 heterocycles. The predicted octanol–water partition coefficient (Wildman–Crippen LogP) is 0.859. The van der Waals surface area contributed by atoms with Gasteiger partial charge in [0.2, 0.25) is 0 Å². The smallest absolute Gasteiger partial charge is 0.254 e. The average Bonchev–Trinajstić information content (AvgIpc) is 2.97. The molecule has 1 amide bonds. The Bertz CT molecular complexity index is 734. The Morgan fingerprint density at radius 1 is 1.20 bits per heavy atom. The van der Waals surface area contributed by atoms with Gasteiger partial charge in [-0.3, -0.25) is 9.69 Å². The lowest BCUT2D eigenvalue weighted by Gasteiger charge is -2.34. The van der Waals surface area contributed by atoms with Gasteiger partial charge in [0.05, 0.1) is 6.10 Å². The van der Waals surface area contributed by atoms with Crippen LogP contribution in [0.3, 0.4) is 0 Å². The summed E-state index contributed by atoms with van der Waals surface area (Å²) in [6.45, 7) is 4.94. The molecule has 1 aromatic heterocycles. The summed E-state index contributed by atoms with van der Waals surface area (Å²) >= 11 is 0. The Balaban J connectivity index is 1.62. The van der Waals surface area contributed by atoms with Crippen LogP contribution in [-0.2, 0) is 7.05 Å². The summed E-state index contributed by atoms with van der Waals surface area (Å²) in [6, 6.07) is 7.74. The Morgan fingerprint density at radius 2 is 1.92 bits per heavy atom. The number of aryl methyl sites for hydroxylation is 1. The van der Waals surface area contributed by atoms with Gasteiger partial charge in [0.1, 0.15) is 0 Å². The molecule has 1 aliphatic rings. The minimum atomic E-state index is -0.535. The first-order valence-corrected chi connectivity index (χ1v) is 8.84. The molecular formula is C19H28N4O2. The number of nitrogens with zero attached hydrogens (tertiary/aromatic N) is 4. The highest BCUT2D eigenvalue weighted by Gasteiger charge is 2.21. The molecule has 0 bridgehead atoms. The summed E-state index contributed by atoms with van der Waals surface area (Å²) in [5.74, 6) is -0.0470. The van der Waals surface area contributed by atoms with Crippen molar-refractivity contribution in [3.05, 3.63) is 36.0 Å². The molecule has 0 saturated carbocycles. The zero-order chi connectivity index (χ0) is 18.0. The van der Waals surface area contributed by atoms with Crippen LogP contribution in [-0.4, -0.2) is 89.7 Å². The van der Waals surface area contributed by atoms with Gasteiger partial charge in [0.15, 0.2) is 0 Å². The quantitative estimate of drug-likeness (QED) is 0.874. The Kier molecular flexibility index (Phi) is 5.42. The van der Waals surface area contributed by atoms with Gasteiger partial charge >= 0.3 is 0 Å². The third-order valence-electron chi connectivity index (χ3n) is 5.05. The summed E-state index contributed by atoms with van der Waals surface area (Å²) in [5, 5.41) is 11.4. The van der Waals surface area contributed by atoms with Crippen LogP contribution in [0.15, 0.2) is 30.5 Å². The number of piperazine rings is 1. The van der Waals surface area contributed by atoms with Crippen molar-refractivity contribution >= 4 is 16.8 Å². The first kappa shape index (κ1) is 17.9. The topological polar surface area (TPSA) is 52.0 Å². The van der Waals surface area contributed by atoms with Crippen LogP contribution in [0.4, 0.5) is 0 Å². The van der Waals surface area contributed by atoms with E-state index in [9.17, 15) is 9.90 Å². The number of aromatic nitrogens is 1. The van der Waals surface area contributed by atoms with E-state index in [0.29, 0.717) is 18.7 Å². The maximum Gasteiger partial charge on any atom is 0.254 e. The second-order valence-electron chi connectivity index (χ2n) is 7.11. The number of β-amino-alcohol motifs (C(OH)–C–C–N with tert-alkyl or cyclic N) is 1. The second-order valence-corrected chi connectivity index (χ2v) is 7.11. The van der Waals surface area contributed by atoms with Crippen LogP contribution in [0.25, 0.3) is 10.9 Å². The minimum absolute atomic E-state index is 0.0470. The second kappa shape index (κ2) is 7.56. The molecule has 1 aliphatic heterocycles. The Labute approximate surface area is 149 Å². The Hall–Kier alpha value is -1.89. The highest BCUT2D eigenvalue weighted by molar-refractivity contribution is 6.06. The molecule has 0 radical (unpaired) electrons. The van der Waals surface area contributed by atoms with Crippen molar-refractivity contribution in [1.29, 1.82) is 0 Å². The molecule has 1 unspecified atom stereocenters. The van der Waals surface area contributed by atoms with E-state index in [-0.39, 0.29) is 5.91 Å². The fraction of sp³-hybridized carbons (Fsp3) is 0.526. The Morgan fingerprint density at radius 3 is 2.64 bits per heavy atom. The minimum Gasteiger partial charge on any atom is -0.390 e. The summed E-state index contributed by atoms with van der Waals surface area (Å²) < 4.78 is 2.01. The van der Waals surface area contributed by atoms with Gasteiger partial charge in [0.25, 0.3) is 5.91 Å². The number of fused-ring (bicyclic) bond motifs is 1. The van der Waals surface area contributed by atoms with Crippen molar-refractivity contribution in [2.24, 2.45) is 7.05 Å². The van der Waals surface area contributed by atoms with Gasteiger partial charge in [-0.25, -0.2) is 0 Å². The molecule has 0 aliphatic carbocycles. The largest absolute Gasteiger partial charge is 0.390 e. The third-order valence-corrected chi connectivity index (χ3v) is 5.05. The van der Waals surface area contributed by atoms with Crippen molar-refractivity contribution in [3.8, 4) is 0 Å². The average molecular weight is 344 g/mol. The number of hydrogen-bond acceptors (Lipinski definition) is 4. The lowest BCUT2D eigenvalue weighted by atomic mass is 10.1. The third kappa shape index (κ3) is 4.03. The number of likely N-dealkylation sites (N-methyl/N-ethyl adjacent to an activating group) is 2. The van der Waals surface area contributed by atoms with Crippen molar-refractivity contribution in [2.75, 3.05) is 53.4 Å². The maximum absolute atomic E-state index is 12.8. The number of aliphatic hydroxyl groups excluding tert-OH is 1. The summed E-state index contributed by atoms with van der Waals surface area (Å²) in [6.07, 6.45) is 1.43. The zero-order valence-electron chi connectivity index (χ0n) is 15.4. The summed E-state index contributed by atoms with van der Waals surface area (Å²) in [5.41, 5.74) is 1.73. The highest BCUT2D eigenvalue weighted by Crippen LogP contribution is 2.20. The molecule has 1 atom stereocenters. The fourth-order valence-electron chi connectivity index (χ4n) is 3.48. The number of amides is 1. The predicted molar refractivity (Wildman–Crippen MR) is 99.8 cm³/mol. The van der Waals surface area contributed by atoms with Gasteiger partial charge < -0.3 is 19.5 Å². The molecule has 6 heteroatoms. The monoisotopic (exact) mass is 344 g/mol. The van der Waals surface area contributed by atoms with Crippen LogP contribution in [0, 0.1) is 0 Å². The van der Waals surface area contributed by atoms with E-state index in [2.05, 4.69) is 16.8 Å². The van der Waals surface area contributed by atoms with E-state index in [1.807, 2.05) is 42.1 Å².